The van der Waals surface area contributed by atoms with Gasteiger partial charge in [-0.1, -0.05) is 12.1 Å². The number of anilines is 2. The van der Waals surface area contributed by atoms with Gasteiger partial charge in [-0.3, -0.25) is 4.57 Å². The molecule has 2 aromatic rings. The van der Waals surface area contributed by atoms with Gasteiger partial charge in [0.2, 0.25) is 0 Å². The van der Waals surface area contributed by atoms with E-state index < -0.39 is 24.1 Å². The molecule has 0 bridgehead atoms. The molecular formula is C15H16BrN3O5. The molecular weight excluding hydrogens is 382 g/mol. The van der Waals surface area contributed by atoms with Crippen molar-refractivity contribution in [3.8, 4) is 5.75 Å². The maximum absolute atomic E-state index is 12.3. The minimum Gasteiger partial charge on any atom is -0.506 e. The number of phenols is 1. The van der Waals surface area contributed by atoms with Gasteiger partial charge in [0.05, 0.1) is 22.9 Å². The van der Waals surface area contributed by atoms with Gasteiger partial charge in [-0.05, 0) is 28.1 Å². The Morgan fingerprint density at radius 3 is 2.83 bits per heavy atom. The van der Waals surface area contributed by atoms with E-state index in [1.165, 1.54) is 16.8 Å². The summed E-state index contributed by atoms with van der Waals surface area (Å²) in [5.41, 5.74) is -0.164. The predicted molar refractivity (Wildman–Crippen MR) is 89.2 cm³/mol. The molecule has 1 aliphatic heterocycles. The second-order valence-electron chi connectivity index (χ2n) is 5.38. The van der Waals surface area contributed by atoms with Gasteiger partial charge in [0.25, 0.3) is 0 Å². The Morgan fingerprint density at radius 2 is 2.17 bits per heavy atom. The van der Waals surface area contributed by atoms with E-state index in [0.29, 0.717) is 10.2 Å². The molecule has 1 aliphatic rings. The highest BCUT2D eigenvalue weighted by molar-refractivity contribution is 9.10. The average Bonchev–Trinajstić information content (AvgIpc) is 2.93. The molecule has 9 heteroatoms. The highest BCUT2D eigenvalue weighted by Crippen LogP contribution is 2.31. The van der Waals surface area contributed by atoms with Crippen LogP contribution in [0, 0.1) is 0 Å². The fourth-order valence-electron chi connectivity index (χ4n) is 2.50. The third-order valence-electron chi connectivity index (χ3n) is 3.76. The van der Waals surface area contributed by atoms with Crippen LogP contribution in [0.1, 0.15) is 12.6 Å². The van der Waals surface area contributed by atoms with Crippen LogP contribution in [-0.2, 0) is 4.74 Å². The van der Waals surface area contributed by atoms with Crippen LogP contribution in [0.15, 0.2) is 39.7 Å². The monoisotopic (exact) mass is 397 g/mol. The Kier molecular flexibility index (Phi) is 4.86. The zero-order valence-electron chi connectivity index (χ0n) is 12.5. The summed E-state index contributed by atoms with van der Waals surface area (Å²) in [6.07, 6.45) is -0.586. The topological polar surface area (TPSA) is 117 Å². The number of halogens is 1. The Bertz CT molecular complexity index is 797. The molecule has 1 aromatic heterocycles. The number of aliphatic hydroxyl groups excluding tert-OH is 2. The summed E-state index contributed by atoms with van der Waals surface area (Å²) in [5, 5.41) is 31.6. The van der Waals surface area contributed by atoms with Crippen molar-refractivity contribution in [2.75, 3.05) is 11.9 Å². The quantitative estimate of drug-likeness (QED) is 0.570. The minimum absolute atomic E-state index is 0.0309. The van der Waals surface area contributed by atoms with Crippen molar-refractivity contribution in [2.24, 2.45) is 0 Å². The van der Waals surface area contributed by atoms with Crippen molar-refractivity contribution in [1.29, 1.82) is 0 Å². The molecule has 1 fully saturated rings. The lowest BCUT2D eigenvalue weighted by Gasteiger charge is -2.16. The number of ether oxygens (including phenoxy) is 1. The van der Waals surface area contributed by atoms with E-state index >= 15 is 0 Å². The number of rotatable bonds is 4. The summed E-state index contributed by atoms with van der Waals surface area (Å²) in [6.45, 7) is -0.325. The zero-order valence-corrected chi connectivity index (χ0v) is 14.0. The maximum atomic E-state index is 12.3. The Hall–Kier alpha value is -1.94. The lowest BCUT2D eigenvalue weighted by molar-refractivity contribution is -0.0459. The number of benzene rings is 1. The van der Waals surface area contributed by atoms with Crippen LogP contribution >= 0.6 is 15.9 Å². The van der Waals surface area contributed by atoms with Crippen molar-refractivity contribution < 1.29 is 20.1 Å². The van der Waals surface area contributed by atoms with Crippen molar-refractivity contribution in [3.05, 3.63) is 45.4 Å². The first-order valence-corrected chi connectivity index (χ1v) is 8.07. The molecule has 0 radical (unpaired) electrons. The van der Waals surface area contributed by atoms with E-state index in [1.807, 2.05) is 0 Å². The molecule has 24 heavy (non-hydrogen) atoms. The third-order valence-corrected chi connectivity index (χ3v) is 4.34. The highest BCUT2D eigenvalue weighted by atomic mass is 79.9. The van der Waals surface area contributed by atoms with Crippen LogP contribution in [0.3, 0.4) is 0 Å². The fraction of sp³-hybridized carbons (Fsp3) is 0.333. The summed E-state index contributed by atoms with van der Waals surface area (Å²) < 4.78 is 7.20. The molecule has 1 saturated heterocycles. The number of nitrogens with one attached hydrogen (secondary N) is 1. The number of aliphatic hydroxyl groups is 2. The van der Waals surface area contributed by atoms with Crippen molar-refractivity contribution in [3.63, 3.8) is 0 Å². The van der Waals surface area contributed by atoms with E-state index in [9.17, 15) is 15.0 Å². The van der Waals surface area contributed by atoms with Crippen LogP contribution < -0.4 is 11.0 Å². The van der Waals surface area contributed by atoms with E-state index in [2.05, 4.69) is 26.2 Å². The molecule has 128 valence electrons. The van der Waals surface area contributed by atoms with Gasteiger partial charge in [0, 0.05) is 12.6 Å². The van der Waals surface area contributed by atoms with Gasteiger partial charge in [-0.15, -0.1) is 0 Å². The second-order valence-corrected chi connectivity index (χ2v) is 6.24. The van der Waals surface area contributed by atoms with Crippen LogP contribution in [0.25, 0.3) is 0 Å². The number of aromatic nitrogens is 2. The van der Waals surface area contributed by atoms with Crippen LogP contribution in [-0.4, -0.2) is 43.7 Å². The predicted octanol–water partition coefficient (Wildman–Crippen LogP) is 1.10. The number of hydrogen-bond acceptors (Lipinski definition) is 7. The molecule has 3 atom stereocenters. The lowest BCUT2D eigenvalue weighted by atomic mass is 10.2. The molecule has 3 rings (SSSR count). The van der Waals surface area contributed by atoms with Crippen LogP contribution in [0.2, 0.25) is 0 Å². The van der Waals surface area contributed by atoms with Gasteiger partial charge in [-0.2, -0.15) is 4.98 Å². The van der Waals surface area contributed by atoms with Crippen LogP contribution in [0.5, 0.6) is 5.75 Å². The molecule has 2 heterocycles. The summed E-state index contributed by atoms with van der Waals surface area (Å²) in [4.78, 5) is 16.2. The molecule has 0 aliphatic carbocycles. The molecule has 4 N–H and O–H groups in total. The Labute approximate surface area is 145 Å². The maximum Gasteiger partial charge on any atom is 0.351 e. The summed E-state index contributed by atoms with van der Waals surface area (Å²) in [6, 6.07) is 6.58. The second kappa shape index (κ2) is 6.89. The largest absolute Gasteiger partial charge is 0.506 e. The van der Waals surface area contributed by atoms with Crippen molar-refractivity contribution in [1.82, 2.24) is 9.55 Å². The third kappa shape index (κ3) is 3.29. The highest BCUT2D eigenvalue weighted by Gasteiger charge is 2.35. The van der Waals surface area contributed by atoms with Crippen molar-refractivity contribution >= 4 is 27.4 Å². The first-order chi connectivity index (χ1) is 11.5. The lowest BCUT2D eigenvalue weighted by Crippen LogP contribution is -2.28. The average molecular weight is 398 g/mol. The van der Waals surface area contributed by atoms with Gasteiger partial charge < -0.3 is 25.4 Å². The van der Waals surface area contributed by atoms with Crippen LogP contribution in [0.4, 0.5) is 11.5 Å². The molecule has 0 amide bonds. The molecule has 8 nitrogen and oxygen atoms in total. The molecule has 0 saturated carbocycles. The smallest absolute Gasteiger partial charge is 0.351 e. The number of nitrogens with zero attached hydrogens (tertiary/aromatic N) is 2. The van der Waals surface area contributed by atoms with E-state index in [0.717, 1.165) is 0 Å². The SMILES string of the molecule is O=c1nc(Nc2ccccc2O)c(Br)cn1[C@H]1CC(O)C(CO)O1. The first-order valence-electron chi connectivity index (χ1n) is 7.27. The summed E-state index contributed by atoms with van der Waals surface area (Å²) in [5.74, 6) is 0.276. The number of phenolic OH excluding ortho intramolecular Hbond substituents is 1. The first kappa shape index (κ1) is 16.9. The van der Waals surface area contributed by atoms with Gasteiger partial charge in [0.15, 0.2) is 5.82 Å². The van der Waals surface area contributed by atoms with Crippen molar-refractivity contribution in [2.45, 2.75) is 24.9 Å². The van der Waals surface area contributed by atoms with Gasteiger partial charge >= 0.3 is 5.69 Å². The molecule has 0 spiro atoms. The molecule has 1 aromatic carbocycles. The number of para-hydroxylation sites is 2. The zero-order chi connectivity index (χ0) is 17.3. The van der Waals surface area contributed by atoms with E-state index in [-0.39, 0.29) is 24.6 Å². The summed E-state index contributed by atoms with van der Waals surface area (Å²) >= 11 is 3.32. The van der Waals surface area contributed by atoms with E-state index in [1.54, 1.807) is 18.2 Å². The van der Waals surface area contributed by atoms with Gasteiger partial charge in [0.1, 0.15) is 18.1 Å². The normalized spacial score (nSPS) is 23.4. The number of aromatic hydroxyl groups is 1. The van der Waals surface area contributed by atoms with E-state index in [4.69, 9.17) is 9.84 Å². The fourth-order valence-corrected chi connectivity index (χ4v) is 2.90. The Balaban J connectivity index is 1.87. The minimum atomic E-state index is -0.843. The van der Waals surface area contributed by atoms with Gasteiger partial charge in [-0.25, -0.2) is 4.79 Å². The Morgan fingerprint density at radius 1 is 1.42 bits per heavy atom. The summed E-state index contributed by atoms with van der Waals surface area (Å²) in [7, 11) is 0. The number of hydrogen-bond donors (Lipinski definition) is 4. The molecule has 2 unspecified atom stereocenters. The standard InChI is InChI=1S/C15H16BrN3O5/c16-8-6-19(13-5-11(22)12(7-20)24-13)15(23)18-14(8)17-9-3-1-2-4-10(9)21/h1-4,6,11-13,20-22H,5,7H2,(H,17,18,23)/t11?,12?,13-/m1/s1.